The second-order valence-corrected chi connectivity index (χ2v) is 3.14. The fourth-order valence-corrected chi connectivity index (χ4v) is 1.37. The molecule has 5 heteroatoms. The zero-order valence-corrected chi connectivity index (χ0v) is 9.03. The lowest BCUT2D eigenvalue weighted by Crippen LogP contribution is -2.26. The molecule has 0 aliphatic rings. The molecule has 0 spiro atoms. The van der Waals surface area contributed by atoms with Gasteiger partial charge in [0.25, 0.3) is 0 Å². The molecule has 0 fully saturated rings. The van der Waals surface area contributed by atoms with Gasteiger partial charge in [0.1, 0.15) is 5.69 Å². The predicted octanol–water partition coefficient (Wildman–Crippen LogP) is 1.62. The molecule has 0 atom stereocenters. The number of amides is 1. The van der Waals surface area contributed by atoms with Gasteiger partial charge in [-0.2, -0.15) is 0 Å². The van der Waals surface area contributed by atoms with Gasteiger partial charge in [-0.1, -0.05) is 0 Å². The molecule has 0 saturated carbocycles. The largest absolute Gasteiger partial charge is 0.449 e. The van der Waals surface area contributed by atoms with E-state index >= 15 is 0 Å². The number of carbonyl (C=O) groups excluding carboxylic acids is 2. The maximum Gasteiger partial charge on any atom is 0.426 e. The average Bonchev–Trinajstić information content (AvgIpc) is 2.42. The third kappa shape index (κ3) is 2.37. The first-order valence-corrected chi connectivity index (χ1v) is 4.68. The number of rotatable bonds is 3. The number of aryl methyl sites for hydroxylation is 2. The van der Waals surface area contributed by atoms with Crippen molar-refractivity contribution < 1.29 is 14.3 Å². The quantitative estimate of drug-likeness (QED) is 0.771. The number of hydrogen-bond acceptors (Lipinski definition) is 3. The molecule has 15 heavy (non-hydrogen) atoms. The van der Waals surface area contributed by atoms with Gasteiger partial charge in [-0.3, -0.25) is 9.47 Å². The first-order valence-electron chi connectivity index (χ1n) is 4.68. The van der Waals surface area contributed by atoms with Crippen LogP contribution in [0.1, 0.15) is 28.7 Å². The van der Waals surface area contributed by atoms with Gasteiger partial charge in [0.05, 0.1) is 6.61 Å². The topological polar surface area (TPSA) is 60.3 Å². The Morgan fingerprint density at radius 3 is 2.80 bits per heavy atom. The zero-order valence-electron chi connectivity index (χ0n) is 9.03. The van der Waals surface area contributed by atoms with Gasteiger partial charge in [0, 0.05) is 5.69 Å². The van der Waals surface area contributed by atoms with Gasteiger partial charge in [-0.25, -0.2) is 10.2 Å². The van der Waals surface area contributed by atoms with E-state index in [1.165, 1.54) is 4.68 Å². The minimum absolute atomic E-state index is 0.293. The molecule has 0 saturated heterocycles. The molecule has 0 bridgehead atoms. The van der Waals surface area contributed by atoms with Crippen molar-refractivity contribution in [2.75, 3.05) is 12.0 Å². The Bertz CT molecular complexity index is 382. The minimum Gasteiger partial charge on any atom is -0.449 e. The Labute approximate surface area is 88.0 Å². The molecule has 1 aromatic rings. The van der Waals surface area contributed by atoms with E-state index in [-0.39, 0.29) is 0 Å². The van der Waals surface area contributed by atoms with Crippen LogP contribution in [-0.4, -0.2) is 23.7 Å². The highest BCUT2D eigenvalue weighted by Crippen LogP contribution is 2.10. The molecule has 0 aliphatic heterocycles. The van der Waals surface area contributed by atoms with Gasteiger partial charge in [0.2, 0.25) is 0 Å². The SMILES string of the molecule is CCOC(=O)Nn1c(C)cc(C)c1C=O. The van der Waals surface area contributed by atoms with E-state index in [9.17, 15) is 9.59 Å². The molecule has 1 N–H and O–H groups in total. The number of aromatic nitrogens is 1. The molecular weight excluding hydrogens is 196 g/mol. The molecule has 5 nitrogen and oxygen atoms in total. The fourth-order valence-electron chi connectivity index (χ4n) is 1.37. The zero-order chi connectivity index (χ0) is 11.4. The van der Waals surface area contributed by atoms with Crippen LogP contribution in [0.2, 0.25) is 0 Å². The van der Waals surface area contributed by atoms with Gasteiger partial charge < -0.3 is 4.74 Å². The highest BCUT2D eigenvalue weighted by Gasteiger charge is 2.11. The number of nitrogens with one attached hydrogen (secondary N) is 1. The average molecular weight is 210 g/mol. The van der Waals surface area contributed by atoms with Gasteiger partial charge in [-0.05, 0) is 32.4 Å². The maximum absolute atomic E-state index is 11.2. The number of aldehydes is 1. The van der Waals surface area contributed by atoms with Crippen molar-refractivity contribution in [2.24, 2.45) is 0 Å². The normalized spacial score (nSPS) is 9.80. The Hall–Kier alpha value is -1.78. The summed E-state index contributed by atoms with van der Waals surface area (Å²) < 4.78 is 6.14. The van der Waals surface area contributed by atoms with Crippen LogP contribution in [0.3, 0.4) is 0 Å². The summed E-state index contributed by atoms with van der Waals surface area (Å²) in [4.78, 5) is 22.0. The van der Waals surface area contributed by atoms with E-state index in [1.807, 2.05) is 6.07 Å². The number of carbonyl (C=O) groups is 2. The third-order valence-corrected chi connectivity index (χ3v) is 2.01. The smallest absolute Gasteiger partial charge is 0.426 e. The number of ether oxygens (including phenoxy) is 1. The molecule has 1 heterocycles. The summed E-state index contributed by atoms with van der Waals surface area (Å²) in [5, 5.41) is 0. The summed E-state index contributed by atoms with van der Waals surface area (Å²) in [5.74, 6) is 0. The van der Waals surface area contributed by atoms with Crippen molar-refractivity contribution in [3.8, 4) is 0 Å². The summed E-state index contributed by atoms with van der Waals surface area (Å²) >= 11 is 0. The minimum atomic E-state index is -0.570. The Morgan fingerprint density at radius 1 is 1.60 bits per heavy atom. The highest BCUT2D eigenvalue weighted by molar-refractivity contribution is 5.80. The monoisotopic (exact) mass is 210 g/mol. The first kappa shape index (κ1) is 11.3. The van der Waals surface area contributed by atoms with Crippen molar-refractivity contribution in [1.82, 2.24) is 4.68 Å². The van der Waals surface area contributed by atoms with Gasteiger partial charge >= 0.3 is 6.09 Å². The summed E-state index contributed by atoms with van der Waals surface area (Å²) in [6.45, 7) is 5.61. The third-order valence-electron chi connectivity index (χ3n) is 2.01. The number of hydrogen-bond donors (Lipinski definition) is 1. The van der Waals surface area contributed by atoms with Crippen LogP contribution in [0.5, 0.6) is 0 Å². The van der Waals surface area contributed by atoms with E-state index in [0.717, 1.165) is 11.3 Å². The van der Waals surface area contributed by atoms with Crippen LogP contribution in [0.4, 0.5) is 4.79 Å². The highest BCUT2D eigenvalue weighted by atomic mass is 16.6. The lowest BCUT2D eigenvalue weighted by atomic mass is 10.3. The standard InChI is InChI=1S/C10H14N2O3/c1-4-15-10(14)11-12-8(3)5-7(2)9(12)6-13/h5-6H,4H2,1-3H3,(H,11,14). The van der Waals surface area contributed by atoms with Crippen molar-refractivity contribution in [3.05, 3.63) is 23.0 Å². The Kier molecular flexibility index (Phi) is 3.49. The molecule has 1 amide bonds. The summed E-state index contributed by atoms with van der Waals surface area (Å²) in [6, 6.07) is 1.82. The molecule has 0 radical (unpaired) electrons. The molecule has 0 aromatic carbocycles. The predicted molar refractivity (Wildman–Crippen MR) is 55.7 cm³/mol. The molecule has 82 valence electrons. The molecule has 0 aliphatic carbocycles. The van der Waals surface area contributed by atoms with Gasteiger partial charge in [0.15, 0.2) is 6.29 Å². The second-order valence-electron chi connectivity index (χ2n) is 3.14. The lowest BCUT2D eigenvalue weighted by Gasteiger charge is -2.10. The summed E-state index contributed by atoms with van der Waals surface area (Å²) in [5.41, 5.74) is 4.51. The van der Waals surface area contributed by atoms with Crippen LogP contribution in [0.15, 0.2) is 6.07 Å². The summed E-state index contributed by atoms with van der Waals surface area (Å²) in [6.07, 6.45) is 0.133. The van der Waals surface area contributed by atoms with Crippen molar-refractivity contribution in [1.29, 1.82) is 0 Å². The van der Waals surface area contributed by atoms with Crippen molar-refractivity contribution in [2.45, 2.75) is 20.8 Å². The van der Waals surface area contributed by atoms with E-state index in [0.29, 0.717) is 18.6 Å². The van der Waals surface area contributed by atoms with E-state index in [2.05, 4.69) is 5.43 Å². The number of nitrogens with zero attached hydrogens (tertiary/aromatic N) is 1. The van der Waals surface area contributed by atoms with E-state index in [4.69, 9.17) is 4.74 Å². The maximum atomic E-state index is 11.2. The Balaban J connectivity index is 2.93. The molecular formula is C10H14N2O3. The van der Waals surface area contributed by atoms with Crippen LogP contribution >= 0.6 is 0 Å². The van der Waals surface area contributed by atoms with Gasteiger partial charge in [-0.15, -0.1) is 0 Å². The molecule has 1 aromatic heterocycles. The van der Waals surface area contributed by atoms with Crippen molar-refractivity contribution >= 4 is 12.4 Å². The Morgan fingerprint density at radius 2 is 2.27 bits per heavy atom. The van der Waals surface area contributed by atoms with Crippen LogP contribution in [0.25, 0.3) is 0 Å². The van der Waals surface area contributed by atoms with Crippen molar-refractivity contribution in [3.63, 3.8) is 0 Å². The summed E-state index contributed by atoms with van der Waals surface area (Å²) in [7, 11) is 0. The van der Waals surface area contributed by atoms with E-state index in [1.54, 1.807) is 20.8 Å². The van der Waals surface area contributed by atoms with Crippen LogP contribution in [0, 0.1) is 13.8 Å². The fraction of sp³-hybridized carbons (Fsp3) is 0.400. The van der Waals surface area contributed by atoms with Crippen LogP contribution < -0.4 is 5.43 Å². The second kappa shape index (κ2) is 4.63. The van der Waals surface area contributed by atoms with E-state index < -0.39 is 6.09 Å². The van der Waals surface area contributed by atoms with Crippen LogP contribution in [-0.2, 0) is 4.74 Å². The first-order chi connectivity index (χ1) is 7.10. The molecule has 1 rings (SSSR count). The molecule has 0 unspecified atom stereocenters. The lowest BCUT2D eigenvalue weighted by molar-refractivity contribution is 0.111.